The second-order valence-corrected chi connectivity index (χ2v) is 6.43. The fourth-order valence-corrected chi connectivity index (χ4v) is 2.28. The standard InChI is InChI=1S/C15H20F3N3O3/c1-14(2,3)24-13(22)21-5-4-20-12(9-21)10-6-11(8-19-7-10)23-15(16,17)18/h6-8,12,20H,4-5,9H2,1-3H3. The molecule has 1 aromatic heterocycles. The van der Waals surface area contributed by atoms with Gasteiger partial charge in [-0.05, 0) is 32.4 Å². The average Bonchev–Trinajstić information content (AvgIpc) is 2.44. The van der Waals surface area contributed by atoms with E-state index >= 15 is 0 Å². The molecular weight excluding hydrogens is 327 g/mol. The van der Waals surface area contributed by atoms with Gasteiger partial charge in [-0.2, -0.15) is 0 Å². The van der Waals surface area contributed by atoms with Gasteiger partial charge in [-0.1, -0.05) is 0 Å². The Hall–Kier alpha value is -2.03. The number of nitrogens with one attached hydrogen (secondary N) is 1. The molecule has 1 aliphatic heterocycles. The van der Waals surface area contributed by atoms with Crippen molar-refractivity contribution < 1.29 is 27.4 Å². The molecule has 0 spiro atoms. The van der Waals surface area contributed by atoms with E-state index in [-0.39, 0.29) is 12.6 Å². The van der Waals surface area contributed by atoms with Gasteiger partial charge in [0, 0.05) is 25.8 Å². The highest BCUT2D eigenvalue weighted by Gasteiger charge is 2.32. The number of amides is 1. The monoisotopic (exact) mass is 347 g/mol. The predicted octanol–water partition coefficient (Wildman–Crippen LogP) is 2.86. The molecule has 1 N–H and O–H groups in total. The molecule has 0 aliphatic carbocycles. The summed E-state index contributed by atoms with van der Waals surface area (Å²) in [7, 11) is 0. The minimum Gasteiger partial charge on any atom is -0.444 e. The Balaban J connectivity index is 2.07. The van der Waals surface area contributed by atoms with Crippen LogP contribution in [0.25, 0.3) is 0 Å². The molecule has 1 fully saturated rings. The Morgan fingerprint density at radius 2 is 2.04 bits per heavy atom. The fourth-order valence-electron chi connectivity index (χ4n) is 2.28. The van der Waals surface area contributed by atoms with E-state index in [1.807, 2.05) is 0 Å². The number of hydrogen-bond acceptors (Lipinski definition) is 5. The molecule has 1 aliphatic rings. The summed E-state index contributed by atoms with van der Waals surface area (Å²) in [5.74, 6) is -0.392. The molecule has 1 amide bonds. The van der Waals surface area contributed by atoms with Gasteiger partial charge in [-0.25, -0.2) is 4.79 Å². The highest BCUT2D eigenvalue weighted by molar-refractivity contribution is 5.68. The number of hydrogen-bond donors (Lipinski definition) is 1. The van der Waals surface area contributed by atoms with E-state index in [1.165, 1.54) is 17.2 Å². The molecule has 0 aromatic carbocycles. The summed E-state index contributed by atoms with van der Waals surface area (Å²) in [6.07, 6.45) is -2.79. The van der Waals surface area contributed by atoms with Gasteiger partial charge in [0.2, 0.25) is 0 Å². The van der Waals surface area contributed by atoms with Crippen molar-refractivity contribution in [2.24, 2.45) is 0 Å². The van der Waals surface area contributed by atoms with Crippen LogP contribution in [0.2, 0.25) is 0 Å². The molecule has 0 radical (unpaired) electrons. The summed E-state index contributed by atoms with van der Waals surface area (Å²) >= 11 is 0. The number of carbonyl (C=O) groups is 1. The maximum Gasteiger partial charge on any atom is 0.573 e. The van der Waals surface area contributed by atoms with Crippen molar-refractivity contribution in [1.29, 1.82) is 0 Å². The summed E-state index contributed by atoms with van der Waals surface area (Å²) in [6, 6.07) is 0.909. The Kier molecular flexibility index (Phi) is 5.22. The largest absolute Gasteiger partial charge is 0.573 e. The molecule has 134 valence electrons. The summed E-state index contributed by atoms with van der Waals surface area (Å²) in [4.78, 5) is 17.4. The zero-order chi connectivity index (χ0) is 18.0. The van der Waals surface area contributed by atoms with E-state index in [0.29, 0.717) is 18.7 Å². The second-order valence-electron chi connectivity index (χ2n) is 6.43. The molecular formula is C15H20F3N3O3. The topological polar surface area (TPSA) is 63.7 Å². The number of rotatable bonds is 2. The van der Waals surface area contributed by atoms with Crippen molar-refractivity contribution in [2.45, 2.75) is 38.8 Å². The summed E-state index contributed by atoms with van der Waals surface area (Å²) in [6.45, 7) is 6.53. The van der Waals surface area contributed by atoms with Crippen molar-refractivity contribution in [3.05, 3.63) is 24.0 Å². The Labute approximate surface area is 137 Å². The number of alkyl halides is 3. The highest BCUT2D eigenvalue weighted by atomic mass is 19.4. The van der Waals surface area contributed by atoms with E-state index in [0.717, 1.165) is 6.20 Å². The number of pyridine rings is 1. The minimum absolute atomic E-state index is 0.270. The van der Waals surface area contributed by atoms with Gasteiger partial charge in [0.05, 0.1) is 12.2 Å². The fraction of sp³-hybridized carbons (Fsp3) is 0.600. The van der Waals surface area contributed by atoms with Gasteiger partial charge >= 0.3 is 12.5 Å². The molecule has 2 heterocycles. The normalized spacial score (nSPS) is 19.1. The minimum atomic E-state index is -4.77. The van der Waals surface area contributed by atoms with Crippen LogP contribution in [0.5, 0.6) is 5.75 Å². The van der Waals surface area contributed by atoms with Gasteiger partial charge in [0.15, 0.2) is 0 Å². The van der Waals surface area contributed by atoms with Crippen LogP contribution >= 0.6 is 0 Å². The zero-order valence-electron chi connectivity index (χ0n) is 13.7. The van der Waals surface area contributed by atoms with Crippen LogP contribution < -0.4 is 10.1 Å². The van der Waals surface area contributed by atoms with Crippen LogP contribution in [0.15, 0.2) is 18.5 Å². The molecule has 0 bridgehead atoms. The Bertz CT molecular complexity index is 587. The van der Waals surface area contributed by atoms with E-state index in [9.17, 15) is 18.0 Å². The number of carbonyl (C=O) groups excluding carboxylic acids is 1. The third-order valence-corrected chi connectivity index (χ3v) is 3.20. The van der Waals surface area contributed by atoms with Crippen molar-refractivity contribution in [3.63, 3.8) is 0 Å². The van der Waals surface area contributed by atoms with E-state index in [2.05, 4.69) is 15.0 Å². The van der Waals surface area contributed by atoms with Crippen LogP contribution in [0.3, 0.4) is 0 Å². The molecule has 9 heteroatoms. The summed E-state index contributed by atoms with van der Waals surface area (Å²) in [5, 5.41) is 3.15. The third-order valence-electron chi connectivity index (χ3n) is 3.20. The number of nitrogens with zero attached hydrogens (tertiary/aromatic N) is 2. The number of piperazine rings is 1. The average molecular weight is 347 g/mol. The smallest absolute Gasteiger partial charge is 0.444 e. The first-order valence-corrected chi connectivity index (χ1v) is 7.45. The highest BCUT2D eigenvalue weighted by Crippen LogP contribution is 2.26. The first-order chi connectivity index (χ1) is 11.0. The Morgan fingerprint density at radius 3 is 2.67 bits per heavy atom. The lowest BCUT2D eigenvalue weighted by atomic mass is 10.1. The van der Waals surface area contributed by atoms with Crippen molar-refractivity contribution in [1.82, 2.24) is 15.2 Å². The third kappa shape index (κ3) is 5.55. The maximum atomic E-state index is 12.3. The van der Waals surface area contributed by atoms with Gasteiger partial charge in [0.25, 0.3) is 0 Å². The quantitative estimate of drug-likeness (QED) is 0.891. The summed E-state index contributed by atoms with van der Waals surface area (Å²) < 4.78 is 46.1. The molecule has 1 atom stereocenters. The molecule has 1 saturated heterocycles. The van der Waals surface area contributed by atoms with Gasteiger partial charge in [-0.15, -0.1) is 13.2 Å². The van der Waals surface area contributed by atoms with Crippen LogP contribution in [0, 0.1) is 0 Å². The van der Waals surface area contributed by atoms with Gasteiger partial charge < -0.3 is 19.7 Å². The molecule has 6 nitrogen and oxygen atoms in total. The Morgan fingerprint density at radius 1 is 1.33 bits per heavy atom. The van der Waals surface area contributed by atoms with Crippen LogP contribution in [-0.2, 0) is 4.74 Å². The molecule has 2 rings (SSSR count). The van der Waals surface area contributed by atoms with E-state index in [4.69, 9.17) is 4.74 Å². The lowest BCUT2D eigenvalue weighted by Gasteiger charge is -2.35. The molecule has 1 unspecified atom stereocenters. The van der Waals surface area contributed by atoms with Crippen LogP contribution in [-0.4, -0.2) is 47.6 Å². The van der Waals surface area contributed by atoms with E-state index < -0.39 is 23.8 Å². The van der Waals surface area contributed by atoms with Crippen LogP contribution in [0.1, 0.15) is 32.4 Å². The maximum absolute atomic E-state index is 12.3. The van der Waals surface area contributed by atoms with E-state index in [1.54, 1.807) is 20.8 Å². The number of halogens is 3. The first-order valence-electron chi connectivity index (χ1n) is 7.45. The summed E-state index contributed by atoms with van der Waals surface area (Å²) in [5.41, 5.74) is -0.107. The lowest BCUT2D eigenvalue weighted by molar-refractivity contribution is -0.274. The van der Waals surface area contributed by atoms with Crippen molar-refractivity contribution in [3.8, 4) is 5.75 Å². The van der Waals surface area contributed by atoms with Crippen LogP contribution in [0.4, 0.5) is 18.0 Å². The van der Waals surface area contributed by atoms with Crippen molar-refractivity contribution in [2.75, 3.05) is 19.6 Å². The first kappa shape index (κ1) is 18.3. The molecule has 0 saturated carbocycles. The molecule has 24 heavy (non-hydrogen) atoms. The predicted molar refractivity (Wildman–Crippen MR) is 79.5 cm³/mol. The van der Waals surface area contributed by atoms with Crippen molar-refractivity contribution >= 4 is 6.09 Å². The lowest BCUT2D eigenvalue weighted by Crippen LogP contribution is -2.49. The molecule has 1 aromatic rings. The number of aromatic nitrogens is 1. The second kappa shape index (κ2) is 6.84. The zero-order valence-corrected chi connectivity index (χ0v) is 13.7. The van der Waals surface area contributed by atoms with Gasteiger partial charge in [-0.3, -0.25) is 4.98 Å². The van der Waals surface area contributed by atoms with Gasteiger partial charge in [0.1, 0.15) is 11.4 Å². The SMILES string of the molecule is CC(C)(C)OC(=O)N1CCNC(c2cncc(OC(F)(F)F)c2)C1. The number of ether oxygens (including phenoxy) is 2.